The molecule has 0 unspecified atom stereocenters. The maximum absolute atomic E-state index is 4.40. The highest BCUT2D eigenvalue weighted by atomic mass is 32.1. The Kier molecular flexibility index (Phi) is 5.71. The van der Waals surface area contributed by atoms with Crippen molar-refractivity contribution in [3.63, 3.8) is 0 Å². The highest BCUT2D eigenvalue weighted by molar-refractivity contribution is 7.17. The van der Waals surface area contributed by atoms with E-state index in [0.717, 1.165) is 34.1 Å². The molecule has 0 aliphatic heterocycles. The van der Waals surface area contributed by atoms with Gasteiger partial charge in [0.2, 0.25) is 0 Å². The van der Waals surface area contributed by atoms with E-state index in [4.69, 9.17) is 0 Å². The van der Waals surface area contributed by atoms with E-state index in [-0.39, 0.29) is 0 Å². The summed E-state index contributed by atoms with van der Waals surface area (Å²) in [5.41, 5.74) is 6.64. The van der Waals surface area contributed by atoms with Gasteiger partial charge in [-0.15, -0.1) is 11.3 Å². The molecule has 0 saturated heterocycles. The largest absolute Gasteiger partial charge is 0.311 e. The van der Waals surface area contributed by atoms with Crippen LogP contribution in [0.3, 0.4) is 0 Å². The van der Waals surface area contributed by atoms with Crippen molar-refractivity contribution < 1.29 is 0 Å². The second kappa shape index (κ2) is 9.45. The van der Waals surface area contributed by atoms with Gasteiger partial charge in [0.15, 0.2) is 0 Å². The van der Waals surface area contributed by atoms with Crippen molar-refractivity contribution in [3.8, 4) is 0 Å². The number of thiophene rings is 1. The van der Waals surface area contributed by atoms with E-state index in [0.29, 0.717) is 0 Å². The Bertz CT molecular complexity index is 1490. The number of rotatable bonds is 6. The van der Waals surface area contributed by atoms with Crippen LogP contribution in [-0.4, -0.2) is 4.98 Å². The van der Waals surface area contributed by atoms with Gasteiger partial charge in [0.25, 0.3) is 0 Å². The molecule has 0 fully saturated rings. The minimum absolute atomic E-state index is 1.03. The van der Waals surface area contributed by atoms with Crippen molar-refractivity contribution in [2.45, 2.75) is 0 Å². The van der Waals surface area contributed by atoms with E-state index in [1.165, 1.54) is 10.1 Å². The minimum Gasteiger partial charge on any atom is -0.311 e. The number of fused-ring (bicyclic) bond motifs is 1. The van der Waals surface area contributed by atoms with Gasteiger partial charge in [0, 0.05) is 44.4 Å². The molecule has 0 saturated carbocycles. The average molecular weight is 470 g/mol. The van der Waals surface area contributed by atoms with E-state index in [1.54, 1.807) is 11.3 Å². The molecule has 6 rings (SSSR count). The Morgan fingerprint density at radius 2 is 1.03 bits per heavy atom. The molecule has 0 amide bonds. The summed E-state index contributed by atoms with van der Waals surface area (Å²) < 4.78 is 1.27. The van der Waals surface area contributed by atoms with E-state index < -0.39 is 0 Å². The third-order valence-corrected chi connectivity index (χ3v) is 6.95. The van der Waals surface area contributed by atoms with Crippen LogP contribution in [0, 0.1) is 0 Å². The Labute approximate surface area is 209 Å². The summed E-state index contributed by atoms with van der Waals surface area (Å²) in [7, 11) is 0. The highest BCUT2D eigenvalue weighted by Crippen LogP contribution is 2.42. The maximum atomic E-state index is 4.40. The summed E-state index contributed by atoms with van der Waals surface area (Å²) in [6.07, 6.45) is 3.73. The van der Waals surface area contributed by atoms with Crippen molar-refractivity contribution >= 4 is 55.5 Å². The fraction of sp³-hybridized carbons (Fsp3) is 0. The molecule has 3 nitrogen and oxygen atoms in total. The lowest BCUT2D eigenvalue weighted by molar-refractivity contribution is 1.23. The second-order valence-corrected chi connectivity index (χ2v) is 9.10. The summed E-state index contributed by atoms with van der Waals surface area (Å²) in [5.74, 6) is 0. The van der Waals surface area contributed by atoms with Crippen LogP contribution in [0.4, 0.5) is 34.1 Å². The topological polar surface area (TPSA) is 19.4 Å². The molecule has 0 atom stereocenters. The standard InChI is InChI=1S/C31H23N3S/c1-3-10-24(11-4-1)33(25-12-5-2-6-13-25)26-17-19-27(20-18-26)34(28-14-9-21-32-22-28)30-23-35-31-16-8-7-15-29(30)31/h1-23H. The maximum Gasteiger partial charge on any atom is 0.0647 e. The number of hydrogen-bond acceptors (Lipinski definition) is 4. The first kappa shape index (κ1) is 21.1. The van der Waals surface area contributed by atoms with Gasteiger partial charge in [-0.1, -0.05) is 54.6 Å². The van der Waals surface area contributed by atoms with Crippen molar-refractivity contribution in [1.29, 1.82) is 0 Å². The molecule has 6 aromatic rings. The number of aromatic nitrogens is 1. The monoisotopic (exact) mass is 469 g/mol. The van der Waals surface area contributed by atoms with Crippen LogP contribution in [0.1, 0.15) is 0 Å². The number of nitrogens with zero attached hydrogens (tertiary/aromatic N) is 3. The van der Waals surface area contributed by atoms with Crippen LogP contribution in [0.25, 0.3) is 10.1 Å². The molecule has 0 radical (unpaired) electrons. The lowest BCUT2D eigenvalue weighted by Gasteiger charge is -2.28. The Balaban J connectivity index is 1.45. The van der Waals surface area contributed by atoms with E-state index in [9.17, 15) is 0 Å². The molecule has 2 aromatic heterocycles. The molecule has 168 valence electrons. The third-order valence-electron chi connectivity index (χ3n) is 6.00. The van der Waals surface area contributed by atoms with E-state index in [2.05, 4.69) is 123 Å². The van der Waals surface area contributed by atoms with Gasteiger partial charge < -0.3 is 9.80 Å². The van der Waals surface area contributed by atoms with Crippen molar-refractivity contribution in [1.82, 2.24) is 4.98 Å². The lowest BCUT2D eigenvalue weighted by Crippen LogP contribution is -2.12. The Morgan fingerprint density at radius 3 is 1.66 bits per heavy atom. The van der Waals surface area contributed by atoms with Gasteiger partial charge in [-0.05, 0) is 66.7 Å². The summed E-state index contributed by atoms with van der Waals surface area (Å²) >= 11 is 1.76. The normalized spacial score (nSPS) is 10.9. The van der Waals surface area contributed by atoms with Crippen molar-refractivity contribution in [2.75, 3.05) is 9.80 Å². The molecule has 2 heterocycles. The first-order valence-corrected chi connectivity index (χ1v) is 12.4. The first-order chi connectivity index (χ1) is 17.4. The average Bonchev–Trinajstić information content (AvgIpc) is 3.36. The molecule has 4 aromatic carbocycles. The summed E-state index contributed by atoms with van der Waals surface area (Å²) in [4.78, 5) is 8.96. The van der Waals surface area contributed by atoms with Gasteiger partial charge >= 0.3 is 0 Å². The zero-order chi connectivity index (χ0) is 23.5. The molecular weight excluding hydrogens is 446 g/mol. The second-order valence-electron chi connectivity index (χ2n) is 8.19. The highest BCUT2D eigenvalue weighted by Gasteiger charge is 2.18. The fourth-order valence-corrected chi connectivity index (χ4v) is 5.33. The number of benzene rings is 4. The number of hydrogen-bond donors (Lipinski definition) is 0. The van der Waals surface area contributed by atoms with Crippen LogP contribution >= 0.6 is 11.3 Å². The third kappa shape index (κ3) is 4.16. The number of para-hydroxylation sites is 2. The molecule has 0 aliphatic carbocycles. The predicted molar refractivity (Wildman–Crippen MR) is 149 cm³/mol. The molecule has 0 spiro atoms. The zero-order valence-corrected chi connectivity index (χ0v) is 19.8. The van der Waals surface area contributed by atoms with Crippen LogP contribution in [0.2, 0.25) is 0 Å². The molecular formula is C31H23N3S. The lowest BCUT2D eigenvalue weighted by atomic mass is 10.1. The predicted octanol–water partition coefficient (Wildman–Crippen LogP) is 9.24. The molecule has 4 heteroatoms. The van der Waals surface area contributed by atoms with Gasteiger partial charge in [-0.25, -0.2) is 0 Å². The van der Waals surface area contributed by atoms with Crippen LogP contribution in [0.15, 0.2) is 139 Å². The molecule has 0 N–H and O–H groups in total. The Hall–Kier alpha value is -4.41. The smallest absolute Gasteiger partial charge is 0.0647 e. The molecule has 35 heavy (non-hydrogen) atoms. The van der Waals surface area contributed by atoms with Gasteiger partial charge in [-0.2, -0.15) is 0 Å². The molecule has 0 bridgehead atoms. The van der Waals surface area contributed by atoms with Gasteiger partial charge in [0.1, 0.15) is 0 Å². The summed E-state index contributed by atoms with van der Waals surface area (Å²) in [6, 6.07) is 42.3. The Morgan fingerprint density at radius 1 is 0.486 bits per heavy atom. The minimum atomic E-state index is 1.03. The van der Waals surface area contributed by atoms with E-state index >= 15 is 0 Å². The SMILES string of the molecule is c1ccc(N(c2ccccc2)c2ccc(N(c3cccnc3)c3csc4ccccc34)cc2)cc1. The zero-order valence-electron chi connectivity index (χ0n) is 19.0. The fourth-order valence-electron chi connectivity index (χ4n) is 4.40. The van der Waals surface area contributed by atoms with E-state index in [1.807, 2.05) is 30.6 Å². The summed E-state index contributed by atoms with van der Waals surface area (Å²) in [6.45, 7) is 0. The van der Waals surface area contributed by atoms with Crippen molar-refractivity contribution in [3.05, 3.63) is 139 Å². The van der Waals surface area contributed by atoms with Crippen LogP contribution in [0.5, 0.6) is 0 Å². The molecule has 0 aliphatic rings. The number of pyridine rings is 1. The first-order valence-electron chi connectivity index (χ1n) is 11.6. The number of anilines is 6. The van der Waals surface area contributed by atoms with Gasteiger partial charge in [0.05, 0.1) is 17.6 Å². The quantitative estimate of drug-likeness (QED) is 0.242. The van der Waals surface area contributed by atoms with Crippen LogP contribution < -0.4 is 9.80 Å². The van der Waals surface area contributed by atoms with Gasteiger partial charge in [-0.3, -0.25) is 4.98 Å². The van der Waals surface area contributed by atoms with Crippen molar-refractivity contribution in [2.24, 2.45) is 0 Å². The summed E-state index contributed by atoms with van der Waals surface area (Å²) in [5, 5.41) is 3.46. The van der Waals surface area contributed by atoms with Crippen LogP contribution in [-0.2, 0) is 0 Å².